The van der Waals surface area contributed by atoms with Gasteiger partial charge in [-0.15, -0.1) is 0 Å². The first kappa shape index (κ1) is 11.6. The smallest absolute Gasteiger partial charge is 0.308 e. The van der Waals surface area contributed by atoms with Gasteiger partial charge >= 0.3 is 5.97 Å². The predicted molar refractivity (Wildman–Crippen MR) is 57.4 cm³/mol. The Hall–Kier alpha value is -1.85. The molecule has 0 radical (unpaired) electrons. The van der Waals surface area contributed by atoms with E-state index in [4.69, 9.17) is 9.63 Å². The first-order valence-corrected chi connectivity index (χ1v) is 5.44. The van der Waals surface area contributed by atoms with Crippen LogP contribution in [0.3, 0.4) is 0 Å². The summed E-state index contributed by atoms with van der Waals surface area (Å²) in [6.07, 6.45) is 0. The molecule has 2 unspecified atom stereocenters. The number of carbonyl (C=O) groups is 2. The lowest BCUT2D eigenvalue weighted by atomic mass is 9.99. The van der Waals surface area contributed by atoms with E-state index in [9.17, 15) is 9.59 Å². The van der Waals surface area contributed by atoms with Gasteiger partial charge < -0.3 is 14.5 Å². The van der Waals surface area contributed by atoms with Gasteiger partial charge in [0.2, 0.25) is 0 Å². The largest absolute Gasteiger partial charge is 0.481 e. The monoisotopic (exact) mass is 238 g/mol. The van der Waals surface area contributed by atoms with Gasteiger partial charge in [0.15, 0.2) is 5.69 Å². The first-order chi connectivity index (χ1) is 7.99. The third-order valence-corrected chi connectivity index (χ3v) is 3.06. The van der Waals surface area contributed by atoms with Crippen LogP contribution in [0.4, 0.5) is 0 Å². The normalized spacial score (nSPS) is 24.0. The molecule has 1 aromatic rings. The highest BCUT2D eigenvalue weighted by atomic mass is 16.5. The van der Waals surface area contributed by atoms with Crippen LogP contribution in [0, 0.1) is 18.8 Å². The number of aliphatic carboxylic acids is 1. The fourth-order valence-corrected chi connectivity index (χ4v) is 2.08. The summed E-state index contributed by atoms with van der Waals surface area (Å²) in [6, 6.07) is 1.56. The van der Waals surface area contributed by atoms with E-state index in [0.717, 1.165) is 0 Å². The number of amides is 1. The highest BCUT2D eigenvalue weighted by molar-refractivity contribution is 5.93. The number of carboxylic acids is 1. The van der Waals surface area contributed by atoms with Gasteiger partial charge in [0.25, 0.3) is 5.91 Å². The van der Waals surface area contributed by atoms with Crippen LogP contribution in [0.1, 0.15) is 23.2 Å². The van der Waals surface area contributed by atoms with Crippen LogP contribution < -0.4 is 0 Å². The van der Waals surface area contributed by atoms with Gasteiger partial charge in [0.1, 0.15) is 5.76 Å². The molecule has 1 aliphatic rings. The Morgan fingerprint density at radius 3 is 2.71 bits per heavy atom. The van der Waals surface area contributed by atoms with Crippen molar-refractivity contribution in [2.45, 2.75) is 13.8 Å². The molecule has 92 valence electrons. The SMILES string of the molecule is Cc1cc(C(=O)N2CC(C)C(C(=O)O)C2)no1. The summed E-state index contributed by atoms with van der Waals surface area (Å²) >= 11 is 0. The summed E-state index contributed by atoms with van der Waals surface area (Å²) in [5, 5.41) is 12.6. The van der Waals surface area contributed by atoms with Crippen molar-refractivity contribution in [3.63, 3.8) is 0 Å². The molecule has 6 nitrogen and oxygen atoms in total. The minimum atomic E-state index is -0.857. The van der Waals surface area contributed by atoms with Crippen molar-refractivity contribution >= 4 is 11.9 Å². The lowest BCUT2D eigenvalue weighted by molar-refractivity contribution is -0.142. The molecule has 1 amide bonds. The second kappa shape index (κ2) is 4.20. The van der Waals surface area contributed by atoms with Crippen molar-refractivity contribution < 1.29 is 19.2 Å². The van der Waals surface area contributed by atoms with E-state index in [1.165, 1.54) is 4.90 Å². The molecule has 2 heterocycles. The standard InChI is InChI=1S/C11H14N2O4/c1-6-4-13(5-8(6)11(15)16)10(14)9-3-7(2)17-12-9/h3,6,8H,4-5H2,1-2H3,(H,15,16). The Morgan fingerprint density at radius 1 is 1.53 bits per heavy atom. The van der Waals surface area contributed by atoms with Crippen LogP contribution in [-0.2, 0) is 4.79 Å². The van der Waals surface area contributed by atoms with Crippen LogP contribution in [0.15, 0.2) is 10.6 Å². The third kappa shape index (κ3) is 2.15. The molecular formula is C11H14N2O4. The molecule has 0 saturated carbocycles. The van der Waals surface area contributed by atoms with E-state index in [-0.39, 0.29) is 24.1 Å². The molecule has 6 heteroatoms. The Morgan fingerprint density at radius 2 is 2.24 bits per heavy atom. The van der Waals surface area contributed by atoms with E-state index in [2.05, 4.69) is 5.16 Å². The highest BCUT2D eigenvalue weighted by Crippen LogP contribution is 2.24. The van der Waals surface area contributed by atoms with Crippen molar-refractivity contribution in [3.05, 3.63) is 17.5 Å². The van der Waals surface area contributed by atoms with E-state index >= 15 is 0 Å². The first-order valence-electron chi connectivity index (χ1n) is 5.44. The summed E-state index contributed by atoms with van der Waals surface area (Å²) in [6.45, 7) is 4.22. The van der Waals surface area contributed by atoms with Crippen molar-refractivity contribution in [3.8, 4) is 0 Å². The predicted octanol–water partition coefficient (Wildman–Crippen LogP) is 0.776. The van der Waals surface area contributed by atoms with Gasteiger partial charge in [-0.2, -0.15) is 0 Å². The van der Waals surface area contributed by atoms with Gasteiger partial charge in [0, 0.05) is 19.2 Å². The van der Waals surface area contributed by atoms with Crippen LogP contribution >= 0.6 is 0 Å². The lowest BCUT2D eigenvalue weighted by Gasteiger charge is -2.13. The van der Waals surface area contributed by atoms with E-state index in [1.54, 1.807) is 13.0 Å². The summed E-state index contributed by atoms with van der Waals surface area (Å²) < 4.78 is 4.83. The maximum atomic E-state index is 12.0. The van der Waals surface area contributed by atoms with E-state index in [0.29, 0.717) is 12.3 Å². The molecule has 0 spiro atoms. The number of nitrogens with zero attached hydrogens (tertiary/aromatic N) is 2. The number of hydrogen-bond acceptors (Lipinski definition) is 4. The fourth-order valence-electron chi connectivity index (χ4n) is 2.08. The van der Waals surface area contributed by atoms with Gasteiger partial charge in [-0.25, -0.2) is 0 Å². The van der Waals surface area contributed by atoms with Crippen molar-refractivity contribution in [1.82, 2.24) is 10.1 Å². The number of carbonyl (C=O) groups excluding carboxylic acids is 1. The van der Waals surface area contributed by atoms with Gasteiger partial charge in [-0.05, 0) is 12.8 Å². The van der Waals surface area contributed by atoms with Crippen LogP contribution in [0.5, 0.6) is 0 Å². The second-order valence-electron chi connectivity index (χ2n) is 4.45. The number of aryl methyl sites for hydroxylation is 1. The van der Waals surface area contributed by atoms with Crippen molar-refractivity contribution in [2.75, 3.05) is 13.1 Å². The zero-order chi connectivity index (χ0) is 12.6. The molecule has 2 atom stereocenters. The molecular weight excluding hydrogens is 224 g/mol. The zero-order valence-electron chi connectivity index (χ0n) is 9.71. The summed E-state index contributed by atoms with van der Waals surface area (Å²) in [7, 11) is 0. The molecule has 0 aliphatic carbocycles. The molecule has 2 rings (SSSR count). The fraction of sp³-hybridized carbons (Fsp3) is 0.545. The van der Waals surface area contributed by atoms with Gasteiger partial charge in [0.05, 0.1) is 5.92 Å². The van der Waals surface area contributed by atoms with Gasteiger partial charge in [-0.1, -0.05) is 12.1 Å². The average Bonchev–Trinajstić information content (AvgIpc) is 2.83. The van der Waals surface area contributed by atoms with Crippen molar-refractivity contribution in [1.29, 1.82) is 0 Å². The van der Waals surface area contributed by atoms with Crippen LogP contribution in [0.25, 0.3) is 0 Å². The molecule has 1 N–H and O–H groups in total. The zero-order valence-corrected chi connectivity index (χ0v) is 9.71. The van der Waals surface area contributed by atoms with Crippen LogP contribution in [0.2, 0.25) is 0 Å². The Balaban J connectivity index is 2.10. The summed E-state index contributed by atoms with van der Waals surface area (Å²) in [4.78, 5) is 24.4. The molecule has 1 aromatic heterocycles. The highest BCUT2D eigenvalue weighted by Gasteiger charge is 2.37. The molecule has 1 aliphatic heterocycles. The number of likely N-dealkylation sites (tertiary alicyclic amines) is 1. The maximum Gasteiger partial charge on any atom is 0.308 e. The van der Waals surface area contributed by atoms with Crippen LogP contribution in [-0.4, -0.2) is 40.1 Å². The van der Waals surface area contributed by atoms with Gasteiger partial charge in [-0.3, -0.25) is 9.59 Å². The minimum absolute atomic E-state index is 0.0375. The Kier molecular flexibility index (Phi) is 2.87. The molecule has 0 aromatic carbocycles. The molecule has 0 bridgehead atoms. The number of rotatable bonds is 2. The van der Waals surface area contributed by atoms with E-state index < -0.39 is 11.9 Å². The number of hydrogen-bond donors (Lipinski definition) is 1. The minimum Gasteiger partial charge on any atom is -0.481 e. The lowest BCUT2D eigenvalue weighted by Crippen LogP contribution is -2.30. The quantitative estimate of drug-likeness (QED) is 0.822. The number of carboxylic acid groups (broad SMARTS) is 1. The molecule has 1 saturated heterocycles. The topological polar surface area (TPSA) is 83.6 Å². The number of aromatic nitrogens is 1. The molecule has 1 fully saturated rings. The third-order valence-electron chi connectivity index (χ3n) is 3.06. The Labute approximate surface area is 98.2 Å². The van der Waals surface area contributed by atoms with Crippen molar-refractivity contribution in [2.24, 2.45) is 11.8 Å². The maximum absolute atomic E-state index is 12.0. The average molecular weight is 238 g/mol. The summed E-state index contributed by atoms with van der Waals surface area (Å²) in [5.41, 5.74) is 0.237. The molecule has 17 heavy (non-hydrogen) atoms. The Bertz CT molecular complexity index is 454. The summed E-state index contributed by atoms with van der Waals surface area (Å²) in [5.74, 6) is -1.09. The second-order valence-corrected chi connectivity index (χ2v) is 4.45. The van der Waals surface area contributed by atoms with E-state index in [1.807, 2.05) is 6.92 Å².